The molecule has 0 aliphatic carbocycles. The van der Waals surface area contributed by atoms with Gasteiger partial charge in [-0.3, -0.25) is 9.59 Å². The molecule has 0 rings (SSSR count). The van der Waals surface area contributed by atoms with Gasteiger partial charge in [-0.1, -0.05) is 386 Å². The van der Waals surface area contributed by atoms with Crippen LogP contribution in [0.2, 0.25) is 0 Å². The van der Waals surface area contributed by atoms with E-state index in [2.05, 4.69) is 19.2 Å². The number of aliphatic hydroxyl groups excluding tert-OH is 2. The predicted octanol–water partition coefficient (Wildman–Crippen LogP) is 23.5. The maximum Gasteiger partial charge on any atom is 0.305 e. The van der Waals surface area contributed by atoms with Crippen molar-refractivity contribution in [1.82, 2.24) is 5.32 Å². The highest BCUT2D eigenvalue weighted by Crippen LogP contribution is 2.19. The fourth-order valence-corrected chi connectivity index (χ4v) is 11.8. The Morgan fingerprint density at radius 3 is 0.861 bits per heavy atom. The van der Waals surface area contributed by atoms with E-state index >= 15 is 0 Å². The maximum absolute atomic E-state index is 12.5. The van der Waals surface area contributed by atoms with Crippen LogP contribution < -0.4 is 5.32 Å². The molecule has 0 aliphatic rings. The minimum atomic E-state index is -0.842. The van der Waals surface area contributed by atoms with Gasteiger partial charge in [-0.15, -0.1) is 0 Å². The third kappa shape index (κ3) is 65.6. The van der Waals surface area contributed by atoms with Gasteiger partial charge in [0.15, 0.2) is 0 Å². The Balaban J connectivity index is 3.35. The zero-order valence-electron chi connectivity index (χ0n) is 53.9. The molecule has 79 heavy (non-hydrogen) atoms. The van der Waals surface area contributed by atoms with Crippen molar-refractivity contribution < 1.29 is 24.5 Å². The van der Waals surface area contributed by atoms with E-state index in [1.54, 1.807) is 6.08 Å². The normalized spacial score (nSPS) is 12.5. The molecule has 0 bridgehead atoms. The van der Waals surface area contributed by atoms with Crippen LogP contribution in [0.15, 0.2) is 12.2 Å². The van der Waals surface area contributed by atoms with Crippen molar-refractivity contribution >= 4 is 11.9 Å². The highest BCUT2D eigenvalue weighted by molar-refractivity contribution is 5.76. The van der Waals surface area contributed by atoms with E-state index in [0.29, 0.717) is 19.4 Å². The third-order valence-corrected chi connectivity index (χ3v) is 17.3. The molecule has 0 aromatic carbocycles. The van der Waals surface area contributed by atoms with Crippen molar-refractivity contribution in [2.24, 2.45) is 0 Å². The van der Waals surface area contributed by atoms with Gasteiger partial charge in [-0.05, 0) is 32.1 Å². The number of nitrogens with one attached hydrogen (secondary N) is 1. The number of allylic oxidation sites excluding steroid dienone is 1. The lowest BCUT2D eigenvalue weighted by atomic mass is 10.0. The van der Waals surface area contributed by atoms with E-state index in [1.807, 2.05) is 6.08 Å². The maximum atomic E-state index is 12.5. The molecule has 1 amide bonds. The first kappa shape index (κ1) is 77.6. The Morgan fingerprint density at radius 1 is 0.342 bits per heavy atom. The summed E-state index contributed by atoms with van der Waals surface area (Å²) in [4.78, 5) is 24.6. The average Bonchev–Trinajstić information content (AvgIpc) is 3.45. The second-order valence-corrected chi connectivity index (χ2v) is 25.3. The standard InChI is InChI=1S/C73H143NO5/c1-3-5-7-9-11-13-15-17-18-19-20-33-36-39-42-45-49-53-57-61-65-71(76)70(69-75)74-72(77)66-62-58-54-50-46-43-40-37-34-31-29-27-25-23-21-22-24-26-28-30-32-35-38-41-44-48-52-56-60-64-68-79-73(78)67-63-59-55-51-47-16-14-12-10-8-6-4-2/h61,65,70-71,75-76H,3-60,62-64,66-69H2,1-2H3,(H,74,77)/b65-61+. The van der Waals surface area contributed by atoms with Crippen molar-refractivity contribution in [2.75, 3.05) is 13.2 Å². The number of amides is 1. The Hall–Kier alpha value is -1.40. The van der Waals surface area contributed by atoms with Gasteiger partial charge in [-0.2, -0.15) is 0 Å². The molecule has 2 unspecified atom stereocenters. The first-order valence-corrected chi connectivity index (χ1v) is 36.5. The summed E-state index contributed by atoms with van der Waals surface area (Å²) in [7, 11) is 0. The van der Waals surface area contributed by atoms with E-state index in [0.717, 1.165) is 38.5 Å². The largest absolute Gasteiger partial charge is 0.466 e. The van der Waals surface area contributed by atoms with E-state index in [-0.39, 0.29) is 18.5 Å². The molecular weight excluding hydrogens is 971 g/mol. The zero-order chi connectivity index (χ0) is 57.1. The molecule has 0 radical (unpaired) electrons. The summed E-state index contributed by atoms with van der Waals surface area (Å²) >= 11 is 0. The molecule has 0 spiro atoms. The van der Waals surface area contributed by atoms with Gasteiger partial charge < -0.3 is 20.3 Å². The van der Waals surface area contributed by atoms with Gasteiger partial charge >= 0.3 is 5.97 Å². The van der Waals surface area contributed by atoms with Gasteiger partial charge in [0.05, 0.1) is 25.4 Å². The van der Waals surface area contributed by atoms with Crippen LogP contribution in [0.5, 0.6) is 0 Å². The van der Waals surface area contributed by atoms with Gasteiger partial charge in [0.25, 0.3) is 0 Å². The van der Waals surface area contributed by atoms with Crippen LogP contribution in [0.25, 0.3) is 0 Å². The lowest BCUT2D eigenvalue weighted by Crippen LogP contribution is -2.45. The van der Waals surface area contributed by atoms with Gasteiger partial charge in [0, 0.05) is 12.8 Å². The summed E-state index contributed by atoms with van der Waals surface area (Å²) in [5, 5.41) is 23.3. The Kier molecular flexibility index (Phi) is 67.9. The Labute approximate surface area is 495 Å². The number of hydrogen-bond donors (Lipinski definition) is 3. The second-order valence-electron chi connectivity index (χ2n) is 25.3. The number of aliphatic hydroxyl groups is 2. The molecule has 0 saturated carbocycles. The summed E-state index contributed by atoms with van der Waals surface area (Å²) in [5.41, 5.74) is 0. The molecule has 6 nitrogen and oxygen atoms in total. The summed E-state index contributed by atoms with van der Waals surface area (Å²) in [6.07, 6.45) is 85.9. The molecule has 0 fully saturated rings. The van der Waals surface area contributed by atoms with E-state index in [1.165, 1.54) is 353 Å². The molecule has 6 heteroatoms. The SMILES string of the molecule is CCCCCCCCCCCCCCCCCCCC/C=C/C(O)C(CO)NC(=O)CCCCCCCCCCCCCCCCCCCCCCCCCCCCCCCCOC(=O)CCCCCCCCCCCCCC. The Bertz CT molecular complexity index is 1190. The summed E-state index contributed by atoms with van der Waals surface area (Å²) in [6.45, 7) is 4.95. The van der Waals surface area contributed by atoms with Crippen LogP contribution >= 0.6 is 0 Å². The minimum absolute atomic E-state index is 0.0214. The van der Waals surface area contributed by atoms with Crippen molar-refractivity contribution in [1.29, 1.82) is 0 Å². The predicted molar refractivity (Wildman–Crippen MR) is 347 cm³/mol. The first-order chi connectivity index (χ1) is 39.0. The van der Waals surface area contributed by atoms with Crippen LogP contribution in [-0.4, -0.2) is 47.4 Å². The number of carbonyl (C=O) groups excluding carboxylic acids is 2. The zero-order valence-corrected chi connectivity index (χ0v) is 53.9. The van der Waals surface area contributed by atoms with Crippen LogP contribution in [0, 0.1) is 0 Å². The molecular formula is C73H143NO5. The van der Waals surface area contributed by atoms with Crippen molar-refractivity contribution in [2.45, 2.75) is 431 Å². The monoisotopic (exact) mass is 1110 g/mol. The van der Waals surface area contributed by atoms with Gasteiger partial charge in [0.1, 0.15) is 0 Å². The van der Waals surface area contributed by atoms with E-state index in [9.17, 15) is 19.8 Å². The highest BCUT2D eigenvalue weighted by Gasteiger charge is 2.18. The second kappa shape index (κ2) is 69.1. The molecule has 0 heterocycles. The Morgan fingerprint density at radius 2 is 0.582 bits per heavy atom. The van der Waals surface area contributed by atoms with Crippen molar-refractivity contribution in [3.05, 3.63) is 12.2 Å². The molecule has 3 N–H and O–H groups in total. The van der Waals surface area contributed by atoms with Crippen LogP contribution in [0.3, 0.4) is 0 Å². The number of carbonyl (C=O) groups is 2. The van der Waals surface area contributed by atoms with Crippen molar-refractivity contribution in [3.8, 4) is 0 Å². The smallest absolute Gasteiger partial charge is 0.305 e. The first-order valence-electron chi connectivity index (χ1n) is 36.5. The topological polar surface area (TPSA) is 95.9 Å². The summed E-state index contributed by atoms with van der Waals surface area (Å²) in [5.74, 6) is -0.0380. The molecule has 470 valence electrons. The van der Waals surface area contributed by atoms with Crippen LogP contribution in [0.4, 0.5) is 0 Å². The van der Waals surface area contributed by atoms with E-state index in [4.69, 9.17) is 4.74 Å². The molecule has 0 saturated heterocycles. The number of esters is 1. The quantitative estimate of drug-likeness (QED) is 0.0320. The third-order valence-electron chi connectivity index (χ3n) is 17.3. The molecule has 0 aromatic rings. The average molecular weight is 1110 g/mol. The van der Waals surface area contributed by atoms with Crippen LogP contribution in [-0.2, 0) is 14.3 Å². The van der Waals surface area contributed by atoms with Gasteiger partial charge in [-0.25, -0.2) is 0 Å². The van der Waals surface area contributed by atoms with Gasteiger partial charge in [0.2, 0.25) is 5.91 Å². The molecule has 0 aromatic heterocycles. The van der Waals surface area contributed by atoms with E-state index < -0.39 is 12.1 Å². The summed E-state index contributed by atoms with van der Waals surface area (Å²) in [6, 6.07) is -0.625. The number of rotatable bonds is 69. The lowest BCUT2D eigenvalue weighted by Gasteiger charge is -2.20. The van der Waals surface area contributed by atoms with Crippen LogP contribution in [0.1, 0.15) is 418 Å². The van der Waals surface area contributed by atoms with Crippen molar-refractivity contribution in [3.63, 3.8) is 0 Å². The fourth-order valence-electron chi connectivity index (χ4n) is 11.8. The molecule has 2 atom stereocenters. The molecule has 0 aliphatic heterocycles. The lowest BCUT2D eigenvalue weighted by molar-refractivity contribution is -0.143. The minimum Gasteiger partial charge on any atom is -0.466 e. The number of hydrogen-bond acceptors (Lipinski definition) is 5. The highest BCUT2D eigenvalue weighted by atomic mass is 16.5. The number of ether oxygens (including phenoxy) is 1. The summed E-state index contributed by atoms with van der Waals surface area (Å²) < 4.78 is 5.49. The fraction of sp³-hybridized carbons (Fsp3) is 0.945. The number of unbranched alkanes of at least 4 members (excludes halogenated alkanes) is 58.